The first kappa shape index (κ1) is 15.9. The van der Waals surface area contributed by atoms with E-state index in [4.69, 9.17) is 0 Å². The molecule has 0 N–H and O–H groups in total. The van der Waals surface area contributed by atoms with E-state index in [-0.39, 0.29) is 18.9 Å². The molecule has 1 amide bonds. The highest BCUT2D eigenvalue weighted by Crippen LogP contribution is 2.21. The van der Waals surface area contributed by atoms with Gasteiger partial charge >= 0.3 is 10.2 Å². The number of likely N-dealkylation sites (tertiary alicyclic amines) is 1. The van der Waals surface area contributed by atoms with Gasteiger partial charge in [0.05, 0.1) is 0 Å². The molecule has 0 saturated carbocycles. The summed E-state index contributed by atoms with van der Waals surface area (Å²) in [4.78, 5) is 15.2. The average Bonchev–Trinajstić information content (AvgIpc) is 2.73. The van der Waals surface area contributed by atoms with Gasteiger partial charge in [-0.25, -0.2) is 0 Å². The highest BCUT2D eigenvalue weighted by molar-refractivity contribution is 7.87. The first-order valence-corrected chi connectivity index (χ1v) is 8.14. The second-order valence-electron chi connectivity index (χ2n) is 5.63. The molecule has 1 aliphatic heterocycles. The molecule has 116 valence electrons. The van der Waals surface area contributed by atoms with Gasteiger partial charge in [-0.05, 0) is 25.2 Å². The number of halogens is 1. The molecule has 1 fully saturated rings. The zero-order valence-electron chi connectivity index (χ0n) is 12.1. The third-order valence-corrected chi connectivity index (χ3v) is 4.58. The van der Waals surface area contributed by atoms with Crippen LogP contribution in [-0.2, 0) is 28.1 Å². The minimum atomic E-state index is -4.65. The minimum Gasteiger partial charge on any atom is -0.337 e. The van der Waals surface area contributed by atoms with Crippen molar-refractivity contribution in [2.24, 2.45) is 0 Å². The molecule has 0 radical (unpaired) electrons. The lowest BCUT2D eigenvalue weighted by Crippen LogP contribution is -2.26. The van der Waals surface area contributed by atoms with E-state index in [1.54, 1.807) is 0 Å². The van der Waals surface area contributed by atoms with E-state index < -0.39 is 15.5 Å². The number of nitrogens with zero attached hydrogens (tertiary/aromatic N) is 2. The lowest BCUT2D eigenvalue weighted by atomic mass is 10.1. The Morgan fingerprint density at radius 2 is 1.81 bits per heavy atom. The van der Waals surface area contributed by atoms with Gasteiger partial charge in [0.25, 0.3) is 0 Å². The Hall–Kier alpha value is -1.47. The summed E-state index contributed by atoms with van der Waals surface area (Å²) in [6.45, 7) is 1.06. The van der Waals surface area contributed by atoms with Crippen molar-refractivity contribution >= 4 is 16.1 Å². The fraction of sp³-hybridized carbons (Fsp3) is 0.500. The van der Waals surface area contributed by atoms with Gasteiger partial charge in [-0.3, -0.25) is 4.79 Å². The number of hydrogen-bond acceptors (Lipinski definition) is 4. The molecule has 0 bridgehead atoms. The van der Waals surface area contributed by atoms with E-state index in [1.165, 1.54) is 4.90 Å². The highest BCUT2D eigenvalue weighted by Gasteiger charge is 2.38. The Balaban J connectivity index is 2.00. The number of hydrogen-bond donors (Lipinski definition) is 0. The zero-order chi connectivity index (χ0) is 15.6. The summed E-state index contributed by atoms with van der Waals surface area (Å²) in [6, 6.07) is 7.76. The normalized spacial score (nSPS) is 19.5. The maximum Gasteiger partial charge on any atom is 0.307 e. The Bertz CT molecular complexity index is 614. The third-order valence-electron chi connectivity index (χ3n) is 3.47. The molecule has 0 aromatic heterocycles. The van der Waals surface area contributed by atoms with Crippen molar-refractivity contribution in [2.75, 3.05) is 20.6 Å². The maximum atomic E-state index is 12.9. The predicted molar refractivity (Wildman–Crippen MR) is 77.7 cm³/mol. The third kappa shape index (κ3) is 4.25. The Morgan fingerprint density at radius 1 is 1.24 bits per heavy atom. The van der Waals surface area contributed by atoms with Crippen LogP contribution >= 0.6 is 0 Å². The van der Waals surface area contributed by atoms with Crippen LogP contribution in [0.2, 0.25) is 0 Å². The Kier molecular flexibility index (Phi) is 4.63. The lowest BCUT2D eigenvalue weighted by molar-refractivity contribution is -0.128. The Labute approximate surface area is 124 Å². The standard InChI is InChI=1S/C14H19FN2O3S/c1-16(2)8-11-3-5-12(6-4-11)9-17-10-13(7-14(17)18)21(15,19)20/h3-6,13H,7-10H2,1-2H3. The molecule has 2 rings (SSSR count). The highest BCUT2D eigenvalue weighted by atomic mass is 32.3. The van der Waals surface area contributed by atoms with E-state index in [2.05, 4.69) is 4.90 Å². The van der Waals surface area contributed by atoms with E-state index in [9.17, 15) is 17.1 Å². The molecule has 7 heteroatoms. The van der Waals surface area contributed by atoms with Crippen LogP contribution in [0, 0.1) is 0 Å². The van der Waals surface area contributed by atoms with E-state index in [1.807, 2.05) is 38.4 Å². The Morgan fingerprint density at radius 3 is 2.29 bits per heavy atom. The number of rotatable bonds is 5. The number of benzene rings is 1. The largest absolute Gasteiger partial charge is 0.337 e. The summed E-state index contributed by atoms with van der Waals surface area (Å²) >= 11 is 0. The first-order chi connectivity index (χ1) is 9.75. The monoisotopic (exact) mass is 314 g/mol. The number of carbonyl (C=O) groups excluding carboxylic acids is 1. The quantitative estimate of drug-likeness (QED) is 0.765. The summed E-state index contributed by atoms with van der Waals surface area (Å²) in [5.41, 5.74) is 2.06. The molecule has 1 aromatic carbocycles. The molecular formula is C14H19FN2O3S. The number of carbonyl (C=O) groups is 1. The van der Waals surface area contributed by atoms with Crippen LogP contribution in [0.1, 0.15) is 17.5 Å². The van der Waals surface area contributed by atoms with Crippen molar-refractivity contribution in [1.29, 1.82) is 0 Å². The van der Waals surface area contributed by atoms with Gasteiger partial charge in [0.15, 0.2) is 0 Å². The van der Waals surface area contributed by atoms with Crippen LogP contribution in [0.5, 0.6) is 0 Å². The van der Waals surface area contributed by atoms with Gasteiger partial charge in [0.2, 0.25) is 5.91 Å². The molecule has 1 atom stereocenters. The van der Waals surface area contributed by atoms with Crippen LogP contribution in [0.15, 0.2) is 24.3 Å². The van der Waals surface area contributed by atoms with Gasteiger partial charge in [0, 0.05) is 26.1 Å². The molecule has 1 saturated heterocycles. The molecule has 21 heavy (non-hydrogen) atoms. The van der Waals surface area contributed by atoms with Gasteiger partial charge in [-0.1, -0.05) is 24.3 Å². The van der Waals surface area contributed by atoms with Crippen LogP contribution in [0.4, 0.5) is 3.89 Å². The van der Waals surface area contributed by atoms with Gasteiger partial charge in [-0.2, -0.15) is 8.42 Å². The molecule has 1 unspecified atom stereocenters. The molecule has 1 aromatic rings. The van der Waals surface area contributed by atoms with Crippen LogP contribution < -0.4 is 0 Å². The molecule has 1 aliphatic rings. The predicted octanol–water partition coefficient (Wildman–Crippen LogP) is 1.15. The van der Waals surface area contributed by atoms with E-state index in [0.717, 1.165) is 17.7 Å². The second-order valence-corrected chi connectivity index (χ2v) is 7.25. The lowest BCUT2D eigenvalue weighted by Gasteiger charge is -2.16. The van der Waals surface area contributed by atoms with E-state index >= 15 is 0 Å². The SMILES string of the molecule is CN(C)Cc1ccc(CN2CC(S(=O)(=O)F)CC2=O)cc1. The molecule has 0 aliphatic carbocycles. The molecule has 0 spiro atoms. The van der Waals surface area contributed by atoms with Gasteiger partial charge in [0.1, 0.15) is 5.25 Å². The molecule has 1 heterocycles. The van der Waals surface area contributed by atoms with Crippen molar-refractivity contribution in [3.05, 3.63) is 35.4 Å². The summed E-state index contributed by atoms with van der Waals surface area (Å²) in [5.74, 6) is -0.321. The van der Waals surface area contributed by atoms with Crippen molar-refractivity contribution < 1.29 is 17.1 Å². The molecular weight excluding hydrogens is 295 g/mol. The summed E-state index contributed by atoms with van der Waals surface area (Å²) < 4.78 is 34.7. The first-order valence-electron chi connectivity index (χ1n) is 6.69. The fourth-order valence-corrected chi connectivity index (χ4v) is 3.11. The average molecular weight is 314 g/mol. The second kappa shape index (κ2) is 6.11. The van der Waals surface area contributed by atoms with Crippen molar-refractivity contribution in [1.82, 2.24) is 9.80 Å². The fourth-order valence-electron chi connectivity index (χ4n) is 2.41. The van der Waals surface area contributed by atoms with Crippen LogP contribution in [-0.4, -0.2) is 50.0 Å². The summed E-state index contributed by atoms with van der Waals surface area (Å²) in [5, 5.41) is -1.22. The van der Waals surface area contributed by atoms with E-state index in [0.29, 0.717) is 6.54 Å². The van der Waals surface area contributed by atoms with Crippen LogP contribution in [0.25, 0.3) is 0 Å². The topological polar surface area (TPSA) is 57.7 Å². The molecule has 5 nitrogen and oxygen atoms in total. The van der Waals surface area contributed by atoms with Crippen molar-refractivity contribution in [2.45, 2.75) is 24.8 Å². The maximum absolute atomic E-state index is 12.9. The summed E-state index contributed by atoms with van der Waals surface area (Å²) in [7, 11) is -0.688. The van der Waals surface area contributed by atoms with Gasteiger partial charge in [-0.15, -0.1) is 3.89 Å². The van der Waals surface area contributed by atoms with Crippen molar-refractivity contribution in [3.63, 3.8) is 0 Å². The summed E-state index contributed by atoms with van der Waals surface area (Å²) in [6.07, 6.45) is -0.266. The van der Waals surface area contributed by atoms with Crippen molar-refractivity contribution in [3.8, 4) is 0 Å². The van der Waals surface area contributed by atoms with Gasteiger partial charge < -0.3 is 9.80 Å². The smallest absolute Gasteiger partial charge is 0.307 e. The zero-order valence-corrected chi connectivity index (χ0v) is 12.9. The number of amides is 1. The minimum absolute atomic E-state index is 0.0723. The van der Waals surface area contributed by atoms with Crippen LogP contribution in [0.3, 0.4) is 0 Å².